The molecule has 3 aromatic rings. The zero-order chi connectivity index (χ0) is 17.3. The summed E-state index contributed by atoms with van der Waals surface area (Å²) >= 11 is 0. The number of anilines is 1. The van der Waals surface area contributed by atoms with Crippen molar-refractivity contribution in [2.45, 2.75) is 13.8 Å². The van der Waals surface area contributed by atoms with Crippen LogP contribution in [0.4, 0.5) is 11.4 Å². The zero-order valence-electron chi connectivity index (χ0n) is 13.2. The lowest BCUT2D eigenvalue weighted by Gasteiger charge is -2.10. The van der Waals surface area contributed by atoms with E-state index in [0.29, 0.717) is 11.3 Å². The number of hydrogen-bond donors (Lipinski definition) is 1. The van der Waals surface area contributed by atoms with E-state index in [9.17, 15) is 14.9 Å². The fourth-order valence-corrected chi connectivity index (χ4v) is 2.52. The van der Waals surface area contributed by atoms with Gasteiger partial charge < -0.3 is 5.32 Å². The van der Waals surface area contributed by atoms with E-state index in [2.05, 4.69) is 10.3 Å². The van der Waals surface area contributed by atoms with Gasteiger partial charge in [0.05, 0.1) is 16.0 Å². The Hall–Kier alpha value is -3.28. The summed E-state index contributed by atoms with van der Waals surface area (Å²) in [4.78, 5) is 27.3. The summed E-state index contributed by atoms with van der Waals surface area (Å²) < 4.78 is 0. The average molecular weight is 321 g/mol. The zero-order valence-corrected chi connectivity index (χ0v) is 13.2. The van der Waals surface area contributed by atoms with Crippen LogP contribution in [0.2, 0.25) is 0 Å². The van der Waals surface area contributed by atoms with E-state index in [0.717, 1.165) is 22.2 Å². The third-order valence-electron chi connectivity index (χ3n) is 3.67. The standard InChI is InChI=1S/C18H15N3O3/c1-11-3-8-17-15(9-11)16(10-12(2)19-17)18(22)20-13-4-6-14(7-5-13)21(23)24/h3-10H,1-2H3,(H,20,22). The molecule has 1 aromatic heterocycles. The monoisotopic (exact) mass is 321 g/mol. The van der Waals surface area contributed by atoms with Crippen molar-refractivity contribution in [3.8, 4) is 0 Å². The van der Waals surface area contributed by atoms with Gasteiger partial charge in [-0.05, 0) is 44.2 Å². The summed E-state index contributed by atoms with van der Waals surface area (Å²) in [6.45, 7) is 3.79. The fraction of sp³-hybridized carbons (Fsp3) is 0.111. The van der Waals surface area contributed by atoms with Crippen molar-refractivity contribution in [2.24, 2.45) is 0 Å². The Bertz CT molecular complexity index is 950. The van der Waals surface area contributed by atoms with Crippen LogP contribution < -0.4 is 5.32 Å². The number of amides is 1. The SMILES string of the molecule is Cc1ccc2nc(C)cc(C(=O)Nc3ccc([N+](=O)[O-])cc3)c2c1. The van der Waals surface area contributed by atoms with Gasteiger partial charge in [-0.15, -0.1) is 0 Å². The molecule has 0 aliphatic heterocycles. The van der Waals surface area contributed by atoms with E-state index in [-0.39, 0.29) is 11.6 Å². The Morgan fingerprint density at radius 2 is 1.79 bits per heavy atom. The maximum absolute atomic E-state index is 12.6. The summed E-state index contributed by atoms with van der Waals surface area (Å²) in [6, 6.07) is 13.2. The van der Waals surface area contributed by atoms with Crippen LogP contribution in [0.5, 0.6) is 0 Å². The Morgan fingerprint density at radius 3 is 2.46 bits per heavy atom. The van der Waals surface area contributed by atoms with Crippen LogP contribution in [-0.4, -0.2) is 15.8 Å². The molecule has 0 fully saturated rings. The van der Waals surface area contributed by atoms with Crippen LogP contribution >= 0.6 is 0 Å². The number of fused-ring (bicyclic) bond motifs is 1. The average Bonchev–Trinajstić information content (AvgIpc) is 2.55. The summed E-state index contributed by atoms with van der Waals surface area (Å²) in [5.41, 5.74) is 3.56. The molecule has 1 amide bonds. The summed E-state index contributed by atoms with van der Waals surface area (Å²) in [5.74, 6) is -0.273. The molecule has 1 N–H and O–H groups in total. The smallest absolute Gasteiger partial charge is 0.269 e. The highest BCUT2D eigenvalue weighted by atomic mass is 16.6. The van der Waals surface area contributed by atoms with Gasteiger partial charge >= 0.3 is 0 Å². The van der Waals surface area contributed by atoms with Crippen molar-refractivity contribution in [3.05, 3.63) is 75.5 Å². The minimum atomic E-state index is -0.478. The highest BCUT2D eigenvalue weighted by molar-refractivity contribution is 6.12. The Labute approximate surface area is 138 Å². The van der Waals surface area contributed by atoms with E-state index in [4.69, 9.17) is 0 Å². The number of nitrogens with one attached hydrogen (secondary N) is 1. The van der Waals surface area contributed by atoms with Crippen LogP contribution in [0.3, 0.4) is 0 Å². The molecular weight excluding hydrogens is 306 g/mol. The maximum atomic E-state index is 12.6. The highest BCUT2D eigenvalue weighted by Crippen LogP contribution is 2.22. The van der Waals surface area contributed by atoms with Gasteiger partial charge in [0.25, 0.3) is 11.6 Å². The molecule has 0 radical (unpaired) electrons. The van der Waals surface area contributed by atoms with Gasteiger partial charge in [-0.2, -0.15) is 0 Å². The van der Waals surface area contributed by atoms with Gasteiger partial charge in [-0.3, -0.25) is 19.9 Å². The topological polar surface area (TPSA) is 85.1 Å². The molecular formula is C18H15N3O3. The number of nitro benzene ring substituents is 1. The van der Waals surface area contributed by atoms with Crippen LogP contribution in [0, 0.1) is 24.0 Å². The second kappa shape index (κ2) is 6.08. The molecule has 0 saturated carbocycles. The molecule has 0 atom stereocenters. The summed E-state index contributed by atoms with van der Waals surface area (Å²) in [7, 11) is 0. The molecule has 120 valence electrons. The number of aromatic nitrogens is 1. The van der Waals surface area contributed by atoms with Crippen molar-refractivity contribution in [1.29, 1.82) is 0 Å². The van der Waals surface area contributed by atoms with Gasteiger partial charge in [0.1, 0.15) is 0 Å². The highest BCUT2D eigenvalue weighted by Gasteiger charge is 2.13. The maximum Gasteiger partial charge on any atom is 0.269 e. The van der Waals surface area contributed by atoms with Crippen molar-refractivity contribution >= 4 is 28.2 Å². The minimum absolute atomic E-state index is 0.0196. The molecule has 0 aliphatic rings. The fourth-order valence-electron chi connectivity index (χ4n) is 2.52. The molecule has 0 unspecified atom stereocenters. The lowest BCUT2D eigenvalue weighted by Crippen LogP contribution is -2.13. The lowest BCUT2D eigenvalue weighted by molar-refractivity contribution is -0.384. The first-order valence-electron chi connectivity index (χ1n) is 7.38. The molecule has 6 heteroatoms. The molecule has 0 bridgehead atoms. The largest absolute Gasteiger partial charge is 0.322 e. The van der Waals surface area contributed by atoms with E-state index < -0.39 is 4.92 Å². The third kappa shape index (κ3) is 3.08. The van der Waals surface area contributed by atoms with E-state index >= 15 is 0 Å². The molecule has 3 rings (SSSR count). The first-order chi connectivity index (χ1) is 11.4. The molecule has 6 nitrogen and oxygen atoms in total. The molecule has 0 spiro atoms. The molecule has 24 heavy (non-hydrogen) atoms. The molecule has 0 saturated heterocycles. The Balaban J connectivity index is 1.96. The van der Waals surface area contributed by atoms with E-state index in [1.165, 1.54) is 24.3 Å². The van der Waals surface area contributed by atoms with Crippen molar-refractivity contribution < 1.29 is 9.72 Å². The number of rotatable bonds is 3. The number of nitrogens with zero attached hydrogens (tertiary/aromatic N) is 2. The predicted molar refractivity (Wildman–Crippen MR) is 92.3 cm³/mol. The minimum Gasteiger partial charge on any atom is -0.322 e. The third-order valence-corrected chi connectivity index (χ3v) is 3.67. The molecule has 2 aromatic carbocycles. The number of nitro groups is 1. The van der Waals surface area contributed by atoms with Gasteiger partial charge in [0.2, 0.25) is 0 Å². The first-order valence-corrected chi connectivity index (χ1v) is 7.38. The van der Waals surface area contributed by atoms with Crippen LogP contribution in [0.25, 0.3) is 10.9 Å². The van der Waals surface area contributed by atoms with Crippen LogP contribution in [0.15, 0.2) is 48.5 Å². The molecule has 1 heterocycles. The number of hydrogen-bond acceptors (Lipinski definition) is 4. The van der Waals surface area contributed by atoms with Crippen molar-refractivity contribution in [1.82, 2.24) is 4.98 Å². The lowest BCUT2D eigenvalue weighted by atomic mass is 10.0. The second-order valence-corrected chi connectivity index (χ2v) is 5.59. The van der Waals surface area contributed by atoms with Crippen LogP contribution in [0.1, 0.15) is 21.6 Å². The number of aryl methyl sites for hydroxylation is 2. The number of benzene rings is 2. The van der Waals surface area contributed by atoms with Crippen molar-refractivity contribution in [2.75, 3.05) is 5.32 Å². The van der Waals surface area contributed by atoms with E-state index in [1.54, 1.807) is 6.07 Å². The summed E-state index contributed by atoms with van der Waals surface area (Å²) in [6.07, 6.45) is 0. The number of carbonyl (C=O) groups is 1. The first kappa shape index (κ1) is 15.6. The van der Waals surface area contributed by atoms with Crippen LogP contribution in [-0.2, 0) is 0 Å². The Morgan fingerprint density at radius 1 is 1.08 bits per heavy atom. The van der Waals surface area contributed by atoms with Crippen molar-refractivity contribution in [3.63, 3.8) is 0 Å². The number of pyridine rings is 1. The quantitative estimate of drug-likeness (QED) is 0.583. The predicted octanol–water partition coefficient (Wildman–Crippen LogP) is 4.01. The van der Waals surface area contributed by atoms with E-state index in [1.807, 2.05) is 32.0 Å². The van der Waals surface area contributed by atoms with Gasteiger partial charge in [0, 0.05) is 28.9 Å². The van der Waals surface area contributed by atoms with Gasteiger partial charge in [0.15, 0.2) is 0 Å². The van der Waals surface area contributed by atoms with Gasteiger partial charge in [-0.25, -0.2) is 0 Å². The number of non-ortho nitro benzene ring substituents is 1. The second-order valence-electron chi connectivity index (χ2n) is 5.59. The van der Waals surface area contributed by atoms with Gasteiger partial charge in [-0.1, -0.05) is 11.6 Å². The number of carbonyl (C=O) groups excluding carboxylic acids is 1. The Kier molecular flexibility index (Phi) is 3.95. The summed E-state index contributed by atoms with van der Waals surface area (Å²) in [5, 5.41) is 14.2. The molecule has 0 aliphatic carbocycles. The normalized spacial score (nSPS) is 10.6.